The Morgan fingerprint density at radius 3 is 2.79 bits per heavy atom. The first-order chi connectivity index (χ1) is 14.0. The minimum atomic E-state index is -3.48. The van der Waals surface area contributed by atoms with E-state index >= 15 is 0 Å². The van der Waals surface area contributed by atoms with Crippen LogP contribution in [0.1, 0.15) is 29.8 Å². The Bertz CT molecular complexity index is 1220. The molecule has 0 spiro atoms. The summed E-state index contributed by atoms with van der Waals surface area (Å²) in [6, 6.07) is 8.93. The number of aryl methyl sites for hydroxylation is 2. The van der Waals surface area contributed by atoms with E-state index in [0.717, 1.165) is 42.3 Å². The number of hydrogen-bond donors (Lipinski definition) is 0. The molecular weight excluding hydrogens is 392 g/mol. The van der Waals surface area contributed by atoms with Gasteiger partial charge < -0.3 is 4.52 Å². The highest BCUT2D eigenvalue weighted by atomic mass is 32.2. The molecule has 1 saturated heterocycles. The average Bonchev–Trinajstić information content (AvgIpc) is 3.06. The van der Waals surface area contributed by atoms with Crippen LogP contribution in [0.2, 0.25) is 0 Å². The molecule has 2 aromatic heterocycles. The second-order valence-corrected chi connectivity index (χ2v) is 9.88. The summed E-state index contributed by atoms with van der Waals surface area (Å²) in [6.07, 6.45) is 4.04. The third kappa shape index (κ3) is 3.49. The Hall–Kier alpha value is -2.52. The van der Waals surface area contributed by atoms with Crippen LogP contribution in [0, 0.1) is 5.92 Å². The summed E-state index contributed by atoms with van der Waals surface area (Å²) in [5, 5.41) is 9.18. The normalized spacial score (nSPS) is 17.9. The minimum absolute atomic E-state index is 0.0886. The molecule has 29 heavy (non-hydrogen) atoms. The smallest absolute Gasteiger partial charge is 0.267 e. The Labute approximate surface area is 168 Å². The number of nitrogens with zero attached hydrogens (tertiary/aromatic N) is 4. The molecule has 0 unspecified atom stereocenters. The first kappa shape index (κ1) is 18.5. The topological polar surface area (TPSA) is 98.3 Å². The summed E-state index contributed by atoms with van der Waals surface area (Å²) < 4.78 is 33.6. The molecular formula is C20H22N4O4S. The van der Waals surface area contributed by atoms with Crippen LogP contribution in [0.4, 0.5) is 0 Å². The van der Waals surface area contributed by atoms with E-state index in [4.69, 9.17) is 4.52 Å². The molecule has 9 heteroatoms. The number of rotatable bonds is 5. The molecule has 0 saturated carbocycles. The third-order valence-electron chi connectivity index (χ3n) is 5.79. The van der Waals surface area contributed by atoms with E-state index in [9.17, 15) is 13.2 Å². The molecule has 8 nitrogen and oxygen atoms in total. The number of aromatic nitrogens is 3. The van der Waals surface area contributed by atoms with E-state index in [1.807, 2.05) is 18.2 Å². The zero-order valence-electron chi connectivity index (χ0n) is 16.0. The number of fused-ring (bicyclic) bond motifs is 2. The van der Waals surface area contributed by atoms with Gasteiger partial charge in [-0.15, -0.1) is 0 Å². The van der Waals surface area contributed by atoms with Gasteiger partial charge in [-0.05, 0) is 43.4 Å². The van der Waals surface area contributed by atoms with Gasteiger partial charge in [0.2, 0.25) is 10.0 Å². The monoisotopic (exact) mass is 414 g/mol. The van der Waals surface area contributed by atoms with Crippen molar-refractivity contribution in [3.8, 4) is 0 Å². The lowest BCUT2D eigenvalue weighted by Gasteiger charge is -2.38. The van der Waals surface area contributed by atoms with Gasteiger partial charge in [-0.2, -0.15) is 5.10 Å². The summed E-state index contributed by atoms with van der Waals surface area (Å²) in [5.41, 5.74) is 2.99. The Kier molecular flexibility index (Phi) is 4.51. The highest BCUT2D eigenvalue weighted by Crippen LogP contribution is 2.26. The molecule has 1 aliphatic heterocycles. The van der Waals surface area contributed by atoms with Gasteiger partial charge >= 0.3 is 0 Å². The second kappa shape index (κ2) is 7.07. The van der Waals surface area contributed by atoms with Crippen LogP contribution < -0.4 is 5.56 Å². The molecule has 0 bridgehead atoms. The van der Waals surface area contributed by atoms with E-state index in [2.05, 4.69) is 10.3 Å². The first-order valence-corrected chi connectivity index (χ1v) is 11.5. The maximum Gasteiger partial charge on any atom is 0.267 e. The van der Waals surface area contributed by atoms with Gasteiger partial charge in [0.15, 0.2) is 5.58 Å². The fourth-order valence-corrected chi connectivity index (χ4v) is 5.76. The molecule has 0 atom stereocenters. The SMILES string of the molecule is O=c1cc2c(nn1CC1CN(S(=O)(=O)Cc3noc4ccccc34)C1)CCCC2. The van der Waals surface area contributed by atoms with Gasteiger partial charge in [0.25, 0.3) is 5.56 Å². The van der Waals surface area contributed by atoms with Crippen LogP contribution >= 0.6 is 0 Å². The van der Waals surface area contributed by atoms with Gasteiger partial charge in [-0.1, -0.05) is 17.3 Å². The molecule has 1 aromatic carbocycles. The molecule has 2 aliphatic rings. The Balaban J connectivity index is 1.25. The van der Waals surface area contributed by atoms with E-state index in [-0.39, 0.29) is 17.2 Å². The lowest BCUT2D eigenvalue weighted by molar-refractivity contribution is 0.172. The van der Waals surface area contributed by atoms with Crippen molar-refractivity contribution in [1.29, 1.82) is 0 Å². The van der Waals surface area contributed by atoms with E-state index in [0.29, 0.717) is 30.9 Å². The van der Waals surface area contributed by atoms with E-state index < -0.39 is 10.0 Å². The predicted octanol–water partition coefficient (Wildman–Crippen LogP) is 1.73. The van der Waals surface area contributed by atoms with E-state index in [1.165, 1.54) is 8.99 Å². The van der Waals surface area contributed by atoms with Crippen LogP contribution in [0.5, 0.6) is 0 Å². The lowest BCUT2D eigenvalue weighted by atomic mass is 9.97. The lowest BCUT2D eigenvalue weighted by Crippen LogP contribution is -2.52. The molecule has 1 fully saturated rings. The Morgan fingerprint density at radius 2 is 1.93 bits per heavy atom. The summed E-state index contributed by atoms with van der Waals surface area (Å²) in [7, 11) is -3.48. The molecule has 0 radical (unpaired) electrons. The van der Waals surface area contributed by atoms with Crippen molar-refractivity contribution in [1.82, 2.24) is 19.2 Å². The zero-order chi connectivity index (χ0) is 20.0. The standard InChI is InChI=1S/C20H22N4O4S/c25-20-9-15-5-1-3-7-17(15)21-24(20)12-14-10-23(11-14)29(26,27)13-18-16-6-2-4-8-19(16)28-22-18/h2,4,6,8-9,14H,1,3,5,7,10-13H2. The van der Waals surface area contributed by atoms with Crippen LogP contribution in [0.25, 0.3) is 11.0 Å². The number of hydrogen-bond acceptors (Lipinski definition) is 6. The predicted molar refractivity (Wildman–Crippen MR) is 107 cm³/mol. The molecule has 152 valence electrons. The molecule has 5 rings (SSSR count). The Morgan fingerprint density at radius 1 is 1.14 bits per heavy atom. The van der Waals surface area contributed by atoms with Crippen LogP contribution in [0.15, 0.2) is 39.6 Å². The fourth-order valence-electron chi connectivity index (χ4n) is 4.15. The molecule has 0 amide bonds. The molecule has 0 N–H and O–H groups in total. The van der Waals surface area contributed by atoms with E-state index in [1.54, 1.807) is 12.1 Å². The van der Waals surface area contributed by atoms with Gasteiger partial charge in [-0.3, -0.25) is 4.79 Å². The quantitative estimate of drug-likeness (QED) is 0.631. The van der Waals surface area contributed by atoms with Crippen LogP contribution in [-0.4, -0.2) is 40.7 Å². The summed E-state index contributed by atoms with van der Waals surface area (Å²) in [5.74, 6) is -0.0981. The highest BCUT2D eigenvalue weighted by molar-refractivity contribution is 7.88. The largest absolute Gasteiger partial charge is 0.356 e. The summed E-state index contributed by atoms with van der Waals surface area (Å²) in [4.78, 5) is 12.3. The van der Waals surface area contributed by atoms with Crippen molar-refractivity contribution in [2.45, 2.75) is 38.0 Å². The number of benzene rings is 1. The van der Waals surface area contributed by atoms with Gasteiger partial charge in [0.1, 0.15) is 11.4 Å². The summed E-state index contributed by atoms with van der Waals surface area (Å²) in [6.45, 7) is 1.23. The maximum absolute atomic E-state index is 12.7. The van der Waals surface area contributed by atoms with Crippen molar-refractivity contribution >= 4 is 21.0 Å². The number of sulfonamides is 1. The minimum Gasteiger partial charge on any atom is -0.356 e. The molecule has 3 aromatic rings. The van der Waals surface area contributed by atoms with Crippen molar-refractivity contribution in [3.05, 3.63) is 57.6 Å². The first-order valence-electron chi connectivity index (χ1n) is 9.91. The van der Waals surface area contributed by atoms with Crippen molar-refractivity contribution < 1.29 is 12.9 Å². The highest BCUT2D eigenvalue weighted by Gasteiger charge is 2.37. The summed E-state index contributed by atoms with van der Waals surface area (Å²) >= 11 is 0. The van der Waals surface area contributed by atoms with Crippen molar-refractivity contribution in [3.63, 3.8) is 0 Å². The van der Waals surface area contributed by atoms with Crippen LogP contribution in [0.3, 0.4) is 0 Å². The van der Waals surface area contributed by atoms with Crippen LogP contribution in [-0.2, 0) is 35.2 Å². The number of para-hydroxylation sites is 1. The zero-order valence-corrected chi connectivity index (χ0v) is 16.8. The fraction of sp³-hybridized carbons (Fsp3) is 0.450. The van der Waals surface area contributed by atoms with Gasteiger partial charge in [0, 0.05) is 30.5 Å². The average molecular weight is 414 g/mol. The van der Waals surface area contributed by atoms with Crippen molar-refractivity contribution in [2.75, 3.05) is 13.1 Å². The molecule has 3 heterocycles. The second-order valence-electron chi connectivity index (χ2n) is 7.91. The van der Waals surface area contributed by atoms with Gasteiger partial charge in [0.05, 0.1) is 12.2 Å². The molecule has 1 aliphatic carbocycles. The van der Waals surface area contributed by atoms with Crippen molar-refractivity contribution in [2.24, 2.45) is 5.92 Å². The maximum atomic E-state index is 12.7. The third-order valence-corrected chi connectivity index (χ3v) is 7.52. The van der Waals surface area contributed by atoms with Gasteiger partial charge in [-0.25, -0.2) is 17.4 Å².